The van der Waals surface area contributed by atoms with Gasteiger partial charge in [0.05, 0.1) is 25.6 Å². The van der Waals surface area contributed by atoms with Gasteiger partial charge in [-0.3, -0.25) is 14.6 Å². The molecule has 2 rings (SSSR count). The molecule has 1 aliphatic rings. The molecule has 1 aromatic rings. The average Bonchev–Trinajstić information content (AvgIpc) is 3.44. The van der Waals surface area contributed by atoms with Crippen LogP contribution in [0.4, 0.5) is 0 Å². The number of carboxylic acids is 1. The van der Waals surface area contributed by atoms with E-state index in [0.29, 0.717) is 13.2 Å². The van der Waals surface area contributed by atoms with Crippen LogP contribution in [0, 0.1) is 0 Å². The summed E-state index contributed by atoms with van der Waals surface area (Å²) >= 11 is 0. The number of carbonyl (C=O) groups is 2. The fraction of sp³-hybridized carbons (Fsp3) is 0.684. The van der Waals surface area contributed by atoms with E-state index in [1.54, 1.807) is 0 Å². The fourth-order valence-electron chi connectivity index (χ4n) is 1.78. The number of aliphatic imine (C=N–C) groups is 1. The van der Waals surface area contributed by atoms with Gasteiger partial charge in [0.25, 0.3) is 11.8 Å². The highest BCUT2D eigenvalue weighted by molar-refractivity contribution is 5.91. The van der Waals surface area contributed by atoms with E-state index in [0.717, 1.165) is 25.5 Å². The quantitative estimate of drug-likeness (QED) is 0.451. The Morgan fingerprint density at radius 1 is 1.21 bits per heavy atom. The number of amides is 1. The minimum Gasteiger partial charge on any atom is -0.481 e. The Labute approximate surface area is 173 Å². The molecule has 0 atom stereocenters. The third-order valence-corrected chi connectivity index (χ3v) is 2.87. The maximum absolute atomic E-state index is 11.6. The van der Waals surface area contributed by atoms with Crippen molar-refractivity contribution in [3.05, 3.63) is 11.8 Å². The predicted molar refractivity (Wildman–Crippen MR) is 114 cm³/mol. The Morgan fingerprint density at radius 3 is 2.48 bits per heavy atom. The molecule has 10 nitrogen and oxygen atoms in total. The minimum atomic E-state index is -0.987. The molecule has 0 saturated carbocycles. The molecule has 1 aromatic heterocycles. The molecule has 0 bridgehead atoms. The maximum Gasteiger partial charge on any atom is 0.305 e. The van der Waals surface area contributed by atoms with E-state index >= 15 is 0 Å². The molecular weight excluding hydrogens is 378 g/mol. The van der Waals surface area contributed by atoms with Crippen LogP contribution in [0.2, 0.25) is 0 Å². The summed E-state index contributed by atoms with van der Waals surface area (Å²) in [5.41, 5.74) is 0. The number of rotatable bonds is 9. The SMILES string of the molecule is CC.CC.CC.O=C(O)CCNC(=O)c1cc(OCCCNC2=NCCN2)no1. The standard InChI is InChI=1S/C13H19N5O5.3C2H6/c19-11(20)2-4-14-12(21)9-8-10(18-23-9)22-7-1-3-15-13-16-5-6-17-13;3*1-2/h8H,1-7H2,(H,14,21)(H,19,20)(H2,15,16,17);3*1-2H3. The molecule has 4 N–H and O–H groups in total. The Bertz CT molecular complexity index is 575. The van der Waals surface area contributed by atoms with Gasteiger partial charge in [0.15, 0.2) is 5.96 Å². The smallest absolute Gasteiger partial charge is 0.305 e. The Kier molecular flexibility index (Phi) is 19.6. The Balaban J connectivity index is 0. The molecular formula is C19H37N5O5. The number of nitrogens with zero attached hydrogens (tertiary/aromatic N) is 2. The monoisotopic (exact) mass is 415 g/mol. The lowest BCUT2D eigenvalue weighted by atomic mass is 10.4. The van der Waals surface area contributed by atoms with Gasteiger partial charge in [0.2, 0.25) is 5.76 Å². The van der Waals surface area contributed by atoms with Crippen LogP contribution in [0.3, 0.4) is 0 Å². The van der Waals surface area contributed by atoms with Gasteiger partial charge >= 0.3 is 5.97 Å². The lowest BCUT2D eigenvalue weighted by Gasteiger charge is -2.06. The van der Waals surface area contributed by atoms with Gasteiger partial charge in [-0.1, -0.05) is 41.5 Å². The molecule has 0 unspecified atom stereocenters. The Morgan fingerprint density at radius 2 is 1.90 bits per heavy atom. The van der Waals surface area contributed by atoms with Crippen molar-refractivity contribution >= 4 is 17.8 Å². The van der Waals surface area contributed by atoms with Crippen molar-refractivity contribution in [2.75, 3.05) is 32.8 Å². The van der Waals surface area contributed by atoms with Crippen LogP contribution in [0.15, 0.2) is 15.6 Å². The molecule has 2 heterocycles. The molecule has 29 heavy (non-hydrogen) atoms. The number of carboxylic acid groups (broad SMARTS) is 1. The van der Waals surface area contributed by atoms with Crippen LogP contribution in [0.1, 0.15) is 64.9 Å². The van der Waals surface area contributed by atoms with Crippen LogP contribution in [-0.4, -0.2) is 60.9 Å². The lowest BCUT2D eigenvalue weighted by molar-refractivity contribution is -0.136. The summed E-state index contributed by atoms with van der Waals surface area (Å²) in [6.07, 6.45) is 0.573. The van der Waals surface area contributed by atoms with Gasteiger partial charge in [-0.05, 0) is 11.6 Å². The minimum absolute atomic E-state index is 0.0203. The summed E-state index contributed by atoms with van der Waals surface area (Å²) in [6.45, 7) is 14.8. The molecule has 0 radical (unpaired) electrons. The number of hydrogen-bond acceptors (Lipinski definition) is 8. The molecule has 0 saturated heterocycles. The molecule has 0 spiro atoms. The molecule has 0 aliphatic carbocycles. The van der Waals surface area contributed by atoms with E-state index in [9.17, 15) is 9.59 Å². The zero-order valence-electron chi connectivity index (χ0n) is 18.5. The molecule has 0 aromatic carbocycles. The summed E-state index contributed by atoms with van der Waals surface area (Å²) in [7, 11) is 0. The Hall–Kier alpha value is -2.78. The number of nitrogens with one attached hydrogen (secondary N) is 3. The van der Waals surface area contributed by atoms with Crippen molar-refractivity contribution < 1.29 is 24.0 Å². The first kappa shape index (κ1) is 28.4. The van der Waals surface area contributed by atoms with Gasteiger partial charge in [-0.15, -0.1) is 0 Å². The van der Waals surface area contributed by atoms with Crippen molar-refractivity contribution in [2.45, 2.75) is 54.4 Å². The zero-order valence-corrected chi connectivity index (χ0v) is 18.5. The van der Waals surface area contributed by atoms with Gasteiger partial charge in [-0.25, -0.2) is 0 Å². The summed E-state index contributed by atoms with van der Waals surface area (Å²) in [4.78, 5) is 26.2. The first-order chi connectivity index (χ1) is 14.1. The van der Waals surface area contributed by atoms with Gasteiger partial charge in [0.1, 0.15) is 0 Å². The van der Waals surface area contributed by atoms with Crippen molar-refractivity contribution in [1.82, 2.24) is 21.1 Å². The maximum atomic E-state index is 11.6. The largest absolute Gasteiger partial charge is 0.481 e. The van der Waals surface area contributed by atoms with Crippen LogP contribution in [0.5, 0.6) is 5.88 Å². The first-order valence-electron chi connectivity index (χ1n) is 10.3. The highest BCUT2D eigenvalue weighted by Crippen LogP contribution is 2.11. The average molecular weight is 416 g/mol. The summed E-state index contributed by atoms with van der Waals surface area (Å²) in [5.74, 6) is -0.524. The molecule has 0 fully saturated rings. The highest BCUT2D eigenvalue weighted by atomic mass is 16.5. The summed E-state index contributed by atoms with van der Waals surface area (Å²) < 4.78 is 10.2. The normalized spacial score (nSPS) is 11.0. The second-order valence-corrected chi connectivity index (χ2v) is 4.71. The van der Waals surface area contributed by atoms with Crippen molar-refractivity contribution in [2.24, 2.45) is 4.99 Å². The van der Waals surface area contributed by atoms with Crippen molar-refractivity contribution in [3.63, 3.8) is 0 Å². The molecule has 1 aliphatic heterocycles. The van der Waals surface area contributed by atoms with Crippen LogP contribution >= 0.6 is 0 Å². The topological polar surface area (TPSA) is 138 Å². The highest BCUT2D eigenvalue weighted by Gasteiger charge is 2.13. The molecule has 1 amide bonds. The summed E-state index contributed by atoms with van der Waals surface area (Å²) in [5, 5.41) is 20.7. The van der Waals surface area contributed by atoms with E-state index in [-0.39, 0.29) is 24.6 Å². The van der Waals surface area contributed by atoms with E-state index in [4.69, 9.17) is 14.4 Å². The summed E-state index contributed by atoms with van der Waals surface area (Å²) in [6, 6.07) is 1.37. The van der Waals surface area contributed by atoms with Gasteiger partial charge in [0, 0.05) is 19.6 Å². The molecule has 10 heteroatoms. The van der Waals surface area contributed by atoms with Crippen LogP contribution in [-0.2, 0) is 4.79 Å². The van der Waals surface area contributed by atoms with Crippen LogP contribution in [0.25, 0.3) is 0 Å². The lowest BCUT2D eigenvalue weighted by Crippen LogP contribution is -2.34. The number of carbonyl (C=O) groups excluding carboxylic acids is 1. The molecule has 168 valence electrons. The second-order valence-electron chi connectivity index (χ2n) is 4.71. The van der Waals surface area contributed by atoms with Gasteiger partial charge in [-0.2, -0.15) is 0 Å². The predicted octanol–water partition coefficient (Wildman–Crippen LogP) is 2.28. The number of ether oxygens (including phenoxy) is 1. The van der Waals surface area contributed by atoms with Gasteiger partial charge < -0.3 is 30.3 Å². The van der Waals surface area contributed by atoms with E-state index < -0.39 is 11.9 Å². The van der Waals surface area contributed by atoms with E-state index in [1.807, 2.05) is 41.5 Å². The van der Waals surface area contributed by atoms with Crippen molar-refractivity contribution in [3.8, 4) is 5.88 Å². The van der Waals surface area contributed by atoms with Crippen molar-refractivity contribution in [1.29, 1.82) is 0 Å². The number of aromatic nitrogens is 1. The third kappa shape index (κ3) is 14.0. The second kappa shape index (κ2) is 20.0. The van der Waals surface area contributed by atoms with Crippen LogP contribution < -0.4 is 20.7 Å². The first-order valence-corrected chi connectivity index (χ1v) is 10.3. The number of guanidine groups is 1. The zero-order chi connectivity index (χ0) is 22.5. The van der Waals surface area contributed by atoms with E-state index in [2.05, 4.69) is 26.1 Å². The number of aliphatic carboxylic acids is 1. The third-order valence-electron chi connectivity index (χ3n) is 2.87. The number of hydrogen-bond donors (Lipinski definition) is 4. The fourth-order valence-corrected chi connectivity index (χ4v) is 1.78. The van der Waals surface area contributed by atoms with E-state index in [1.165, 1.54) is 6.07 Å².